The molecule has 2 heterocycles. The van der Waals surface area contributed by atoms with Crippen molar-refractivity contribution in [3.8, 4) is 0 Å². The molecule has 0 spiro atoms. The van der Waals surface area contributed by atoms with Crippen molar-refractivity contribution in [3.05, 3.63) is 20.8 Å². The summed E-state index contributed by atoms with van der Waals surface area (Å²) in [6.45, 7) is 3.52. The van der Waals surface area contributed by atoms with Crippen LogP contribution in [0, 0.1) is 0 Å². The number of piperidine rings is 1. The molecule has 0 amide bonds. The van der Waals surface area contributed by atoms with E-state index in [1.807, 2.05) is 11.3 Å². The average molecular weight is 303 g/mol. The van der Waals surface area contributed by atoms with Crippen LogP contribution in [0.5, 0.6) is 0 Å². The van der Waals surface area contributed by atoms with Gasteiger partial charge in [0.25, 0.3) is 0 Å². The van der Waals surface area contributed by atoms with Crippen LogP contribution in [0.2, 0.25) is 0 Å². The van der Waals surface area contributed by atoms with Gasteiger partial charge in [-0.15, -0.1) is 11.3 Å². The van der Waals surface area contributed by atoms with Crippen molar-refractivity contribution >= 4 is 27.3 Å². The van der Waals surface area contributed by atoms with Gasteiger partial charge in [0.05, 0.1) is 0 Å². The number of nitrogens with one attached hydrogen (secondary N) is 1. The highest BCUT2D eigenvalue weighted by atomic mass is 79.9. The molecule has 1 N–H and O–H groups in total. The third kappa shape index (κ3) is 3.55. The van der Waals surface area contributed by atoms with Crippen LogP contribution in [0.1, 0.15) is 17.7 Å². The highest BCUT2D eigenvalue weighted by Crippen LogP contribution is 2.20. The monoisotopic (exact) mass is 302 g/mol. The minimum Gasteiger partial charge on any atom is -0.315 e. The molecule has 1 fully saturated rings. The van der Waals surface area contributed by atoms with Crippen LogP contribution in [0.3, 0.4) is 0 Å². The fourth-order valence-electron chi connectivity index (χ4n) is 2.16. The zero-order chi connectivity index (χ0) is 11.4. The molecule has 4 heteroatoms. The smallest absolute Gasteiger partial charge is 0.0285 e. The van der Waals surface area contributed by atoms with Gasteiger partial charge in [-0.25, -0.2) is 0 Å². The van der Waals surface area contributed by atoms with Gasteiger partial charge < -0.3 is 10.2 Å². The average Bonchev–Trinajstić information content (AvgIpc) is 2.73. The molecular formula is C12H19BrN2S. The zero-order valence-corrected chi connectivity index (χ0v) is 12.1. The summed E-state index contributed by atoms with van der Waals surface area (Å²) in [7, 11) is 2.25. The first kappa shape index (κ1) is 12.6. The highest BCUT2D eigenvalue weighted by molar-refractivity contribution is 9.10. The van der Waals surface area contributed by atoms with E-state index in [1.165, 1.54) is 41.7 Å². The Labute approximate surface area is 110 Å². The van der Waals surface area contributed by atoms with Gasteiger partial charge in [-0.2, -0.15) is 0 Å². The molecule has 1 aliphatic heterocycles. The second-order valence-electron chi connectivity index (χ2n) is 4.46. The molecule has 0 saturated carbocycles. The second-order valence-corrected chi connectivity index (χ2v) is 6.37. The van der Waals surface area contributed by atoms with Crippen molar-refractivity contribution in [2.24, 2.45) is 0 Å². The summed E-state index contributed by atoms with van der Waals surface area (Å²) in [4.78, 5) is 3.97. The van der Waals surface area contributed by atoms with Gasteiger partial charge in [-0.05, 0) is 54.9 Å². The van der Waals surface area contributed by atoms with E-state index < -0.39 is 0 Å². The summed E-state index contributed by atoms with van der Waals surface area (Å²) in [6, 6.07) is 2.97. The number of nitrogens with zero attached hydrogens (tertiary/aromatic N) is 1. The van der Waals surface area contributed by atoms with Crippen molar-refractivity contribution in [1.82, 2.24) is 10.2 Å². The molecule has 90 valence electrons. The van der Waals surface area contributed by atoms with Gasteiger partial charge in [0.2, 0.25) is 0 Å². The molecule has 1 aliphatic rings. The minimum absolute atomic E-state index is 0.733. The van der Waals surface area contributed by atoms with Crippen molar-refractivity contribution in [1.29, 1.82) is 0 Å². The topological polar surface area (TPSA) is 15.3 Å². The number of halogens is 1. The largest absolute Gasteiger partial charge is 0.315 e. The number of likely N-dealkylation sites (N-methyl/N-ethyl adjacent to an activating group) is 1. The Morgan fingerprint density at radius 1 is 1.62 bits per heavy atom. The molecule has 2 nitrogen and oxygen atoms in total. The number of hydrogen-bond acceptors (Lipinski definition) is 3. The fraction of sp³-hybridized carbons (Fsp3) is 0.667. The number of rotatable bonds is 4. The Bertz CT molecular complexity index is 321. The van der Waals surface area contributed by atoms with Gasteiger partial charge in [-0.3, -0.25) is 0 Å². The van der Waals surface area contributed by atoms with Crippen LogP contribution in [-0.4, -0.2) is 37.6 Å². The van der Waals surface area contributed by atoms with Gasteiger partial charge in [0, 0.05) is 33.9 Å². The van der Waals surface area contributed by atoms with E-state index in [9.17, 15) is 0 Å². The Kier molecular flexibility index (Phi) is 4.82. The van der Waals surface area contributed by atoms with Gasteiger partial charge in [-0.1, -0.05) is 0 Å². The van der Waals surface area contributed by atoms with E-state index in [4.69, 9.17) is 0 Å². The van der Waals surface area contributed by atoms with Gasteiger partial charge in [0.15, 0.2) is 0 Å². The van der Waals surface area contributed by atoms with E-state index in [0.717, 1.165) is 12.6 Å². The first-order valence-corrected chi connectivity index (χ1v) is 7.57. The molecule has 0 aromatic carbocycles. The molecular weight excluding hydrogens is 284 g/mol. The van der Waals surface area contributed by atoms with Crippen molar-refractivity contribution < 1.29 is 0 Å². The molecule has 0 aliphatic carbocycles. The van der Waals surface area contributed by atoms with E-state index >= 15 is 0 Å². The maximum atomic E-state index is 3.50. The van der Waals surface area contributed by atoms with Crippen LogP contribution in [-0.2, 0) is 6.42 Å². The summed E-state index contributed by atoms with van der Waals surface area (Å²) < 4.78 is 1.22. The highest BCUT2D eigenvalue weighted by Gasteiger charge is 2.17. The molecule has 1 aromatic heterocycles. The molecule has 2 rings (SSSR count). The lowest BCUT2D eigenvalue weighted by Crippen LogP contribution is -2.44. The molecule has 1 saturated heterocycles. The van der Waals surface area contributed by atoms with Crippen LogP contribution in [0.4, 0.5) is 0 Å². The maximum absolute atomic E-state index is 3.50. The summed E-state index contributed by atoms with van der Waals surface area (Å²) in [5.41, 5.74) is 0. The summed E-state index contributed by atoms with van der Waals surface area (Å²) >= 11 is 5.35. The molecule has 1 atom stereocenters. The first-order chi connectivity index (χ1) is 7.75. The summed E-state index contributed by atoms with van der Waals surface area (Å²) in [5, 5.41) is 5.64. The first-order valence-electron chi connectivity index (χ1n) is 5.89. The quantitative estimate of drug-likeness (QED) is 0.920. The molecule has 1 aromatic rings. The Hall–Kier alpha value is 0.1000. The third-order valence-corrected chi connectivity index (χ3v) is 4.98. The SMILES string of the molecule is CN(CCc1cc(Br)cs1)C1CCCNC1. The standard InChI is InChI=1S/C12H19BrN2S/c1-15(11-3-2-5-14-8-11)6-4-12-7-10(13)9-16-12/h7,9,11,14H,2-6,8H2,1H3. The lowest BCUT2D eigenvalue weighted by Gasteiger charge is -2.31. The second kappa shape index (κ2) is 6.15. The van der Waals surface area contributed by atoms with Crippen LogP contribution in [0.25, 0.3) is 0 Å². The van der Waals surface area contributed by atoms with E-state index in [1.54, 1.807) is 0 Å². The van der Waals surface area contributed by atoms with Crippen LogP contribution < -0.4 is 5.32 Å². The van der Waals surface area contributed by atoms with Gasteiger partial charge in [0.1, 0.15) is 0 Å². The molecule has 1 unspecified atom stereocenters. The lowest BCUT2D eigenvalue weighted by atomic mass is 10.1. The predicted octanol–water partition coefficient (Wildman–Crippen LogP) is 2.74. The van der Waals surface area contributed by atoms with Crippen LogP contribution >= 0.6 is 27.3 Å². The molecule has 0 bridgehead atoms. The van der Waals surface area contributed by atoms with Crippen molar-refractivity contribution in [2.45, 2.75) is 25.3 Å². The van der Waals surface area contributed by atoms with Gasteiger partial charge >= 0.3 is 0 Å². The Morgan fingerprint density at radius 2 is 2.50 bits per heavy atom. The summed E-state index contributed by atoms with van der Waals surface area (Å²) in [5.74, 6) is 0. The van der Waals surface area contributed by atoms with Crippen molar-refractivity contribution in [3.63, 3.8) is 0 Å². The Morgan fingerprint density at radius 3 is 3.12 bits per heavy atom. The maximum Gasteiger partial charge on any atom is 0.0285 e. The zero-order valence-electron chi connectivity index (χ0n) is 9.71. The molecule has 0 radical (unpaired) electrons. The normalized spacial score (nSPS) is 21.6. The Balaban J connectivity index is 1.76. The summed E-state index contributed by atoms with van der Waals surface area (Å²) in [6.07, 6.45) is 3.83. The predicted molar refractivity (Wildman–Crippen MR) is 74.2 cm³/mol. The van der Waals surface area contributed by atoms with Crippen molar-refractivity contribution in [2.75, 3.05) is 26.7 Å². The van der Waals surface area contributed by atoms with E-state index in [-0.39, 0.29) is 0 Å². The van der Waals surface area contributed by atoms with E-state index in [0.29, 0.717) is 0 Å². The third-order valence-electron chi connectivity index (χ3n) is 3.23. The lowest BCUT2D eigenvalue weighted by molar-refractivity contribution is 0.205. The minimum atomic E-state index is 0.733. The fourth-order valence-corrected chi connectivity index (χ4v) is 3.61. The number of hydrogen-bond donors (Lipinski definition) is 1. The van der Waals surface area contributed by atoms with Crippen LogP contribution in [0.15, 0.2) is 15.9 Å². The number of thiophene rings is 1. The van der Waals surface area contributed by atoms with E-state index in [2.05, 4.69) is 44.6 Å². The molecule has 16 heavy (non-hydrogen) atoms.